The van der Waals surface area contributed by atoms with Gasteiger partial charge < -0.3 is 0 Å². The van der Waals surface area contributed by atoms with Crippen LogP contribution >= 0.6 is 23.4 Å². The predicted octanol–water partition coefficient (Wildman–Crippen LogP) is 4.15. The number of hydrogen-bond acceptors (Lipinski definition) is 5. The summed E-state index contributed by atoms with van der Waals surface area (Å²) in [7, 11) is 0. The van der Waals surface area contributed by atoms with Crippen molar-refractivity contribution >= 4 is 40.1 Å². The number of carbonyl (C=O) groups is 1. The van der Waals surface area contributed by atoms with Crippen LogP contribution in [0.25, 0.3) is 0 Å². The van der Waals surface area contributed by atoms with E-state index in [1.807, 2.05) is 19.1 Å². The summed E-state index contributed by atoms with van der Waals surface area (Å²) in [6.45, 7) is 2.52. The molecule has 3 N–H and O–H groups in total. The number of benzene rings is 2. The molecule has 144 valence electrons. The highest BCUT2D eigenvalue weighted by atomic mass is 35.5. The predicted molar refractivity (Wildman–Crippen MR) is 111 cm³/mol. The Hall–Kier alpha value is -2.19. The smallest absolute Gasteiger partial charge is 0.270 e. The van der Waals surface area contributed by atoms with E-state index in [0.29, 0.717) is 22.2 Å². The van der Waals surface area contributed by atoms with Crippen molar-refractivity contribution in [2.45, 2.75) is 13.0 Å². The van der Waals surface area contributed by atoms with Crippen molar-refractivity contribution in [2.24, 2.45) is 5.92 Å². The number of rotatable bonds is 3. The van der Waals surface area contributed by atoms with Crippen LogP contribution < -0.4 is 15.8 Å². The Bertz CT molecular complexity index is 979. The molecule has 0 radical (unpaired) electrons. The summed E-state index contributed by atoms with van der Waals surface area (Å²) in [6, 6.07) is 11.6. The zero-order valence-corrected chi connectivity index (χ0v) is 16.6. The Morgan fingerprint density at radius 2 is 2.04 bits per heavy atom. The number of nitrogens with one attached hydrogen (secondary N) is 3. The van der Waals surface area contributed by atoms with E-state index in [2.05, 4.69) is 10.9 Å². The second kappa shape index (κ2) is 7.67. The minimum Gasteiger partial charge on any atom is -0.278 e. The Morgan fingerprint density at radius 1 is 1.29 bits per heavy atom. The lowest BCUT2D eigenvalue weighted by Gasteiger charge is -2.17. The van der Waals surface area contributed by atoms with Gasteiger partial charge in [0, 0.05) is 17.5 Å². The fourth-order valence-corrected chi connectivity index (χ4v) is 4.40. The van der Waals surface area contributed by atoms with Gasteiger partial charge in [0.2, 0.25) is 0 Å². The van der Waals surface area contributed by atoms with Gasteiger partial charge in [-0.05, 0) is 54.1 Å². The first-order chi connectivity index (χ1) is 13.4. The molecule has 0 spiro atoms. The molecular formula is C20H18ClFN4OS. The Balaban J connectivity index is 1.59. The number of carbonyl (C=O) groups excluding carboxylic acids is 1. The van der Waals surface area contributed by atoms with Crippen molar-refractivity contribution in [3.05, 3.63) is 75.4 Å². The molecule has 2 saturated heterocycles. The highest BCUT2D eigenvalue weighted by Crippen LogP contribution is 2.38. The maximum Gasteiger partial charge on any atom is 0.270 e. The van der Waals surface area contributed by atoms with Crippen molar-refractivity contribution in [3.63, 3.8) is 0 Å². The van der Waals surface area contributed by atoms with Gasteiger partial charge in [-0.2, -0.15) is 0 Å². The van der Waals surface area contributed by atoms with Gasteiger partial charge in [-0.1, -0.05) is 35.9 Å². The molecule has 5 nitrogen and oxygen atoms in total. The molecule has 0 bridgehead atoms. The number of aryl methyl sites for hydroxylation is 1. The molecule has 2 atom stereocenters. The van der Waals surface area contributed by atoms with Gasteiger partial charge in [-0.15, -0.1) is 0 Å². The summed E-state index contributed by atoms with van der Waals surface area (Å²) in [4.78, 5) is 14.8. The molecule has 28 heavy (non-hydrogen) atoms. The highest BCUT2D eigenvalue weighted by Gasteiger charge is 2.36. The van der Waals surface area contributed by atoms with Gasteiger partial charge in [-0.25, -0.2) is 9.82 Å². The minimum absolute atomic E-state index is 0.00809. The molecule has 8 heteroatoms. The molecule has 2 fully saturated rings. The lowest BCUT2D eigenvalue weighted by molar-refractivity contribution is -0.113. The minimum atomic E-state index is -0.285. The second-order valence-corrected chi connectivity index (χ2v) is 8.17. The first kappa shape index (κ1) is 19.1. The van der Waals surface area contributed by atoms with E-state index in [1.54, 1.807) is 24.3 Å². The molecule has 2 aromatic carbocycles. The van der Waals surface area contributed by atoms with Crippen molar-refractivity contribution in [2.75, 3.05) is 11.4 Å². The number of hydrazine groups is 1. The van der Waals surface area contributed by atoms with Gasteiger partial charge in [-0.3, -0.25) is 20.5 Å². The maximum absolute atomic E-state index is 13.2. The summed E-state index contributed by atoms with van der Waals surface area (Å²) in [5.41, 5.74) is 8.70. The summed E-state index contributed by atoms with van der Waals surface area (Å²) < 4.78 is 13.2. The van der Waals surface area contributed by atoms with Crippen LogP contribution in [0.5, 0.6) is 0 Å². The molecule has 0 aliphatic carbocycles. The van der Waals surface area contributed by atoms with E-state index in [0.717, 1.165) is 22.9 Å². The normalized spacial score (nSPS) is 23.8. The van der Waals surface area contributed by atoms with Crippen LogP contribution in [0.4, 0.5) is 10.1 Å². The topological polar surface area (TPSA) is 68.2 Å². The van der Waals surface area contributed by atoms with E-state index >= 15 is 0 Å². The standard InChI is InChI=1S/C20H18ClFN4OS/c1-11-2-7-15(9-16(11)21)26-19(27)17(28-20(26)23)8-13-10-24-25-18(13)12-3-5-14(22)6-4-12/h2-9,13,18,23-25H,10H2,1H3/b17-8-,23-20?. The van der Waals surface area contributed by atoms with Crippen molar-refractivity contribution in [3.8, 4) is 0 Å². The molecule has 2 unspecified atom stereocenters. The summed E-state index contributed by atoms with van der Waals surface area (Å²) in [5, 5.41) is 8.95. The van der Waals surface area contributed by atoms with E-state index in [-0.39, 0.29) is 28.9 Å². The largest absolute Gasteiger partial charge is 0.278 e. The number of amidine groups is 1. The molecule has 2 aliphatic rings. The Morgan fingerprint density at radius 3 is 2.75 bits per heavy atom. The van der Waals surface area contributed by atoms with Crippen LogP contribution in [0.2, 0.25) is 5.02 Å². The van der Waals surface area contributed by atoms with E-state index in [1.165, 1.54) is 17.0 Å². The average Bonchev–Trinajstić information content (AvgIpc) is 3.23. The monoisotopic (exact) mass is 416 g/mol. The quantitative estimate of drug-likeness (QED) is 0.657. The van der Waals surface area contributed by atoms with Crippen molar-refractivity contribution in [1.29, 1.82) is 5.41 Å². The van der Waals surface area contributed by atoms with Crippen LogP contribution in [0, 0.1) is 24.1 Å². The van der Waals surface area contributed by atoms with Gasteiger partial charge in [0.15, 0.2) is 5.17 Å². The van der Waals surface area contributed by atoms with E-state index in [9.17, 15) is 9.18 Å². The van der Waals surface area contributed by atoms with Crippen LogP contribution in [-0.4, -0.2) is 17.6 Å². The lowest BCUT2D eigenvalue weighted by Crippen LogP contribution is -2.28. The van der Waals surface area contributed by atoms with Crippen molar-refractivity contribution < 1.29 is 9.18 Å². The highest BCUT2D eigenvalue weighted by molar-refractivity contribution is 8.19. The van der Waals surface area contributed by atoms with Crippen LogP contribution in [0.3, 0.4) is 0 Å². The number of anilines is 1. The number of amides is 1. The van der Waals surface area contributed by atoms with Crippen LogP contribution in [-0.2, 0) is 4.79 Å². The van der Waals surface area contributed by atoms with Crippen LogP contribution in [0.1, 0.15) is 17.2 Å². The SMILES string of the molecule is Cc1ccc(N2C(=N)S/C(=C\C3CNNC3c3ccc(F)cc3)C2=O)cc1Cl. The van der Waals surface area contributed by atoms with Gasteiger partial charge in [0.25, 0.3) is 5.91 Å². The van der Waals surface area contributed by atoms with Gasteiger partial charge >= 0.3 is 0 Å². The van der Waals surface area contributed by atoms with Gasteiger partial charge in [0.1, 0.15) is 5.82 Å². The summed E-state index contributed by atoms with van der Waals surface area (Å²) in [6.07, 6.45) is 1.89. The van der Waals surface area contributed by atoms with Crippen LogP contribution in [0.15, 0.2) is 53.4 Å². The molecule has 2 aliphatic heterocycles. The zero-order chi connectivity index (χ0) is 19.8. The Kier molecular flexibility index (Phi) is 5.25. The molecule has 0 saturated carbocycles. The van der Waals surface area contributed by atoms with E-state index in [4.69, 9.17) is 17.0 Å². The molecular weight excluding hydrogens is 399 g/mol. The Labute approximate surface area is 171 Å². The summed E-state index contributed by atoms with van der Waals surface area (Å²) >= 11 is 7.32. The third-order valence-electron chi connectivity index (χ3n) is 4.86. The molecule has 2 heterocycles. The first-order valence-corrected chi connectivity index (χ1v) is 9.96. The number of thioether (sulfide) groups is 1. The lowest BCUT2D eigenvalue weighted by atomic mass is 9.94. The average molecular weight is 417 g/mol. The maximum atomic E-state index is 13.2. The fraction of sp³-hybridized carbons (Fsp3) is 0.200. The zero-order valence-electron chi connectivity index (χ0n) is 15.0. The molecule has 0 aromatic heterocycles. The third-order valence-corrected chi connectivity index (χ3v) is 6.17. The first-order valence-electron chi connectivity index (χ1n) is 8.77. The van der Waals surface area contributed by atoms with Gasteiger partial charge in [0.05, 0.1) is 16.6 Å². The molecule has 2 aromatic rings. The second-order valence-electron chi connectivity index (χ2n) is 6.73. The molecule has 4 rings (SSSR count). The van der Waals surface area contributed by atoms with Crippen molar-refractivity contribution in [1.82, 2.24) is 10.9 Å². The number of halogens is 2. The molecule has 1 amide bonds. The summed E-state index contributed by atoms with van der Waals surface area (Å²) in [5.74, 6) is -0.530. The fourth-order valence-electron chi connectivity index (χ4n) is 3.32. The number of nitrogens with zero attached hydrogens (tertiary/aromatic N) is 1. The number of hydrogen-bond donors (Lipinski definition) is 3. The van der Waals surface area contributed by atoms with E-state index < -0.39 is 0 Å². The third kappa shape index (κ3) is 3.58.